The predicted octanol–water partition coefficient (Wildman–Crippen LogP) is 9.59. The van der Waals surface area contributed by atoms with Crippen LogP contribution in [0.3, 0.4) is 0 Å². The number of hydrogen-bond acceptors (Lipinski definition) is 4. The molecule has 0 rings (SSSR count). The first kappa shape index (κ1) is 33.8. The number of hydrogen-bond donors (Lipinski definition) is 0. The van der Waals surface area contributed by atoms with E-state index in [4.69, 9.17) is 18.9 Å². The van der Waals surface area contributed by atoms with Gasteiger partial charge in [-0.2, -0.15) is 0 Å². The van der Waals surface area contributed by atoms with Crippen LogP contribution in [0.4, 0.5) is 0 Å². The summed E-state index contributed by atoms with van der Waals surface area (Å²) in [6.45, 7) is 4.06. The van der Waals surface area contributed by atoms with Crippen molar-refractivity contribution >= 4 is 0 Å². The monoisotopic (exact) mass is 486 g/mol. The van der Waals surface area contributed by atoms with Crippen molar-refractivity contribution in [2.75, 3.05) is 28.4 Å². The van der Waals surface area contributed by atoms with Crippen LogP contribution in [-0.4, -0.2) is 40.0 Å². The number of unbranched alkanes of at least 4 members (excludes halogenated alkanes) is 19. The van der Waals surface area contributed by atoms with Crippen LogP contribution in [0.2, 0.25) is 0 Å². The third-order valence-corrected chi connectivity index (χ3v) is 7.74. The van der Waals surface area contributed by atoms with Gasteiger partial charge < -0.3 is 18.9 Å². The molecule has 0 aliphatic rings. The van der Waals surface area contributed by atoms with Gasteiger partial charge in [0.1, 0.15) is 0 Å². The second-order valence-corrected chi connectivity index (χ2v) is 10.7. The van der Waals surface area contributed by atoms with Gasteiger partial charge in [-0.3, -0.25) is 0 Å². The summed E-state index contributed by atoms with van der Waals surface area (Å²) >= 11 is 0. The van der Waals surface area contributed by atoms with Crippen LogP contribution in [0.25, 0.3) is 0 Å². The summed E-state index contributed by atoms with van der Waals surface area (Å²) in [5, 5.41) is 0. The fraction of sp³-hybridized carbons (Fsp3) is 1.00. The van der Waals surface area contributed by atoms with Crippen LogP contribution < -0.4 is 0 Å². The van der Waals surface area contributed by atoms with E-state index in [0.717, 1.165) is 12.8 Å². The van der Waals surface area contributed by atoms with E-state index in [1.54, 1.807) is 28.4 Å². The maximum atomic E-state index is 5.42. The zero-order valence-electron chi connectivity index (χ0n) is 24.2. The molecule has 0 aliphatic carbocycles. The molecule has 0 saturated carbocycles. The van der Waals surface area contributed by atoms with Gasteiger partial charge in [-0.05, 0) is 26.7 Å². The molecule has 4 heteroatoms. The van der Waals surface area contributed by atoms with Gasteiger partial charge in [0, 0.05) is 41.3 Å². The van der Waals surface area contributed by atoms with Gasteiger partial charge in [0.05, 0.1) is 0 Å². The molecule has 206 valence electrons. The first-order valence-corrected chi connectivity index (χ1v) is 14.7. The zero-order chi connectivity index (χ0) is 25.4. The lowest BCUT2D eigenvalue weighted by molar-refractivity contribution is -0.198. The smallest absolute Gasteiger partial charge is 0.164 e. The Bertz CT molecular complexity index is 367. The normalized spacial score (nSPS) is 12.5. The first-order valence-electron chi connectivity index (χ1n) is 14.7. The van der Waals surface area contributed by atoms with E-state index >= 15 is 0 Å². The maximum Gasteiger partial charge on any atom is 0.164 e. The molecule has 0 fully saturated rings. The van der Waals surface area contributed by atoms with Crippen molar-refractivity contribution in [3.05, 3.63) is 0 Å². The molecule has 0 aliphatic heterocycles. The Morgan fingerprint density at radius 2 is 0.441 bits per heavy atom. The maximum absolute atomic E-state index is 5.42. The average molecular weight is 487 g/mol. The lowest BCUT2D eigenvalue weighted by atomic mass is 10.0. The van der Waals surface area contributed by atoms with E-state index in [1.165, 1.54) is 128 Å². The summed E-state index contributed by atoms with van der Waals surface area (Å²) in [5.41, 5.74) is 0. The minimum absolute atomic E-state index is 0.390. The van der Waals surface area contributed by atoms with Crippen molar-refractivity contribution in [3.8, 4) is 0 Å². The second kappa shape index (κ2) is 23.3. The molecular weight excluding hydrogens is 424 g/mol. The van der Waals surface area contributed by atoms with Gasteiger partial charge >= 0.3 is 0 Å². The summed E-state index contributed by atoms with van der Waals surface area (Å²) in [6, 6.07) is 0. The summed E-state index contributed by atoms with van der Waals surface area (Å²) in [4.78, 5) is 0. The van der Waals surface area contributed by atoms with E-state index in [1.807, 2.05) is 13.8 Å². The molecule has 34 heavy (non-hydrogen) atoms. The van der Waals surface area contributed by atoms with Gasteiger partial charge in [0.15, 0.2) is 11.6 Å². The Kier molecular flexibility index (Phi) is 23.1. The summed E-state index contributed by atoms with van der Waals surface area (Å²) in [6.07, 6.45) is 29.6. The summed E-state index contributed by atoms with van der Waals surface area (Å²) < 4.78 is 21.7. The molecule has 0 aromatic rings. The lowest BCUT2D eigenvalue weighted by Crippen LogP contribution is -2.29. The Labute approximate surface area is 214 Å². The highest BCUT2D eigenvalue weighted by Gasteiger charge is 2.22. The predicted molar refractivity (Wildman–Crippen MR) is 146 cm³/mol. The van der Waals surface area contributed by atoms with E-state index in [2.05, 4.69) is 0 Å². The second-order valence-electron chi connectivity index (χ2n) is 10.7. The van der Waals surface area contributed by atoms with Crippen molar-refractivity contribution in [3.63, 3.8) is 0 Å². The highest BCUT2D eigenvalue weighted by atomic mass is 16.7. The minimum Gasteiger partial charge on any atom is -0.353 e. The molecule has 0 heterocycles. The molecule has 4 nitrogen and oxygen atoms in total. The number of methoxy groups -OCH3 is 4. The van der Waals surface area contributed by atoms with Crippen LogP contribution in [0.15, 0.2) is 0 Å². The standard InChI is InChI=1S/C30H62O4/c1-29(31-3,32-4)27-25-23-21-19-17-15-13-11-9-7-8-10-12-14-16-18-20-22-24-26-28-30(2,33-5)34-6/h7-28H2,1-6H3. The van der Waals surface area contributed by atoms with Crippen LogP contribution in [0, 0.1) is 0 Å². The largest absolute Gasteiger partial charge is 0.353 e. The fourth-order valence-corrected chi connectivity index (χ4v) is 4.65. The van der Waals surface area contributed by atoms with Crippen molar-refractivity contribution in [2.24, 2.45) is 0 Å². The highest BCUT2D eigenvalue weighted by Crippen LogP contribution is 2.21. The molecule has 0 spiro atoms. The van der Waals surface area contributed by atoms with E-state index < -0.39 is 11.6 Å². The van der Waals surface area contributed by atoms with Crippen molar-refractivity contribution < 1.29 is 18.9 Å². The van der Waals surface area contributed by atoms with E-state index in [0.29, 0.717) is 0 Å². The van der Waals surface area contributed by atoms with Crippen LogP contribution >= 0.6 is 0 Å². The van der Waals surface area contributed by atoms with Crippen molar-refractivity contribution in [2.45, 2.75) is 167 Å². The molecule has 0 aromatic heterocycles. The summed E-state index contributed by atoms with van der Waals surface area (Å²) in [7, 11) is 6.94. The van der Waals surface area contributed by atoms with Crippen molar-refractivity contribution in [1.29, 1.82) is 0 Å². The molecule has 0 N–H and O–H groups in total. The molecule has 0 aromatic carbocycles. The third-order valence-electron chi connectivity index (χ3n) is 7.74. The summed E-state index contributed by atoms with van der Waals surface area (Å²) in [5.74, 6) is -0.781. The van der Waals surface area contributed by atoms with Crippen LogP contribution in [0.1, 0.15) is 155 Å². The van der Waals surface area contributed by atoms with E-state index in [9.17, 15) is 0 Å². The fourth-order valence-electron chi connectivity index (χ4n) is 4.65. The molecule has 0 saturated heterocycles. The topological polar surface area (TPSA) is 36.9 Å². The Morgan fingerprint density at radius 1 is 0.294 bits per heavy atom. The van der Waals surface area contributed by atoms with Crippen molar-refractivity contribution in [1.82, 2.24) is 0 Å². The molecule has 0 radical (unpaired) electrons. The SMILES string of the molecule is COC(C)(CCCCCCCCCCCCCCCCCCCCCCC(C)(OC)OC)OC. The number of ether oxygens (including phenoxy) is 4. The van der Waals surface area contributed by atoms with Gasteiger partial charge in [0.25, 0.3) is 0 Å². The molecular formula is C30H62O4. The van der Waals surface area contributed by atoms with Gasteiger partial charge in [-0.25, -0.2) is 0 Å². The van der Waals surface area contributed by atoms with Gasteiger partial charge in [0.2, 0.25) is 0 Å². The van der Waals surface area contributed by atoms with E-state index in [-0.39, 0.29) is 0 Å². The third kappa shape index (κ3) is 20.1. The number of rotatable bonds is 27. The first-order chi connectivity index (χ1) is 16.4. The molecule has 0 unspecified atom stereocenters. The minimum atomic E-state index is -0.390. The zero-order valence-corrected chi connectivity index (χ0v) is 24.2. The van der Waals surface area contributed by atoms with Gasteiger partial charge in [-0.1, -0.05) is 116 Å². The average Bonchev–Trinajstić information content (AvgIpc) is 2.86. The highest BCUT2D eigenvalue weighted by molar-refractivity contribution is 4.62. The Balaban J connectivity index is 3.19. The van der Waals surface area contributed by atoms with Gasteiger partial charge in [-0.15, -0.1) is 0 Å². The quantitative estimate of drug-likeness (QED) is 0.0855. The van der Waals surface area contributed by atoms with Crippen LogP contribution in [0.5, 0.6) is 0 Å². The molecule has 0 amide bonds. The van der Waals surface area contributed by atoms with Crippen LogP contribution in [-0.2, 0) is 18.9 Å². The Morgan fingerprint density at radius 3 is 0.588 bits per heavy atom. The molecule has 0 atom stereocenters. The lowest BCUT2D eigenvalue weighted by Gasteiger charge is -2.26. The Hall–Kier alpha value is -0.160. The molecule has 0 bridgehead atoms.